The van der Waals surface area contributed by atoms with Gasteiger partial charge in [0.25, 0.3) is 5.56 Å². The van der Waals surface area contributed by atoms with Gasteiger partial charge in [-0.05, 0) is 24.5 Å². The molecule has 2 N–H and O–H groups in total. The number of nitrogens with one attached hydrogen (secondary N) is 2. The summed E-state index contributed by atoms with van der Waals surface area (Å²) in [5.74, 6) is 1.07. The Bertz CT molecular complexity index is 740. The van der Waals surface area contributed by atoms with Crippen LogP contribution in [0.2, 0.25) is 0 Å². The number of hydrogen-bond acceptors (Lipinski definition) is 5. The van der Waals surface area contributed by atoms with E-state index in [1.54, 1.807) is 31.6 Å². The molecule has 2 aromatic heterocycles. The maximum Gasteiger partial charge on any atom is 0.315 e. The molecular formula is C16H21N5O3. The first-order chi connectivity index (χ1) is 11.6. The number of nitrogens with zero attached hydrogens (tertiary/aromatic N) is 3. The lowest BCUT2D eigenvalue weighted by Crippen LogP contribution is -2.38. The Balaban J connectivity index is 1.43. The fourth-order valence-corrected chi connectivity index (χ4v) is 2.75. The number of furan rings is 1. The van der Waals surface area contributed by atoms with Gasteiger partial charge in [-0.1, -0.05) is 0 Å². The van der Waals surface area contributed by atoms with Crippen LogP contribution in [0.4, 0.5) is 10.5 Å². The molecule has 0 saturated carbocycles. The monoisotopic (exact) mass is 331 g/mol. The van der Waals surface area contributed by atoms with Crippen LogP contribution in [0.3, 0.4) is 0 Å². The zero-order valence-electron chi connectivity index (χ0n) is 13.6. The molecule has 3 rings (SSSR count). The molecule has 128 valence electrons. The molecule has 2 aromatic rings. The van der Waals surface area contributed by atoms with Crippen molar-refractivity contribution in [3.8, 4) is 0 Å². The van der Waals surface area contributed by atoms with Gasteiger partial charge in [-0.25, -0.2) is 9.48 Å². The lowest BCUT2D eigenvalue weighted by molar-refractivity contribution is 0.238. The summed E-state index contributed by atoms with van der Waals surface area (Å²) in [5.41, 5.74) is 0.717. The van der Waals surface area contributed by atoms with E-state index in [-0.39, 0.29) is 11.6 Å². The number of carbonyl (C=O) groups is 1. The summed E-state index contributed by atoms with van der Waals surface area (Å²) >= 11 is 0. The summed E-state index contributed by atoms with van der Waals surface area (Å²) < 4.78 is 6.47. The predicted octanol–water partition coefficient (Wildman–Crippen LogP) is 0.699. The fraction of sp³-hybridized carbons (Fsp3) is 0.438. The first-order valence-electron chi connectivity index (χ1n) is 7.94. The number of carbonyl (C=O) groups excluding carboxylic acids is 1. The molecule has 2 amide bonds. The highest BCUT2D eigenvalue weighted by Crippen LogP contribution is 2.21. The lowest BCUT2D eigenvalue weighted by atomic mass is 10.1. The van der Waals surface area contributed by atoms with E-state index in [0.717, 1.165) is 31.0 Å². The maximum atomic E-state index is 11.8. The van der Waals surface area contributed by atoms with Gasteiger partial charge in [-0.2, -0.15) is 5.10 Å². The summed E-state index contributed by atoms with van der Waals surface area (Å²) in [4.78, 5) is 25.6. The third-order valence-electron chi connectivity index (χ3n) is 4.16. The minimum Gasteiger partial charge on any atom is -0.467 e. The molecule has 8 heteroatoms. The second kappa shape index (κ2) is 7.20. The molecule has 8 nitrogen and oxygen atoms in total. The molecule has 0 bridgehead atoms. The third-order valence-corrected chi connectivity index (χ3v) is 4.16. The van der Waals surface area contributed by atoms with Gasteiger partial charge in [0, 0.05) is 32.7 Å². The van der Waals surface area contributed by atoms with E-state index in [0.29, 0.717) is 19.0 Å². The topological polar surface area (TPSA) is 92.4 Å². The first kappa shape index (κ1) is 16.1. The predicted molar refractivity (Wildman–Crippen MR) is 88.7 cm³/mol. The molecule has 0 aromatic carbocycles. The Morgan fingerprint density at radius 3 is 3.08 bits per heavy atom. The number of urea groups is 1. The molecule has 1 fully saturated rings. The fourth-order valence-electron chi connectivity index (χ4n) is 2.75. The van der Waals surface area contributed by atoms with Crippen molar-refractivity contribution in [2.45, 2.75) is 13.0 Å². The zero-order chi connectivity index (χ0) is 16.9. The van der Waals surface area contributed by atoms with Gasteiger partial charge in [-0.15, -0.1) is 0 Å². The van der Waals surface area contributed by atoms with E-state index in [1.807, 2.05) is 6.07 Å². The van der Waals surface area contributed by atoms with Gasteiger partial charge in [0.15, 0.2) is 0 Å². The van der Waals surface area contributed by atoms with Gasteiger partial charge >= 0.3 is 6.03 Å². The second-order valence-corrected chi connectivity index (χ2v) is 5.92. The smallest absolute Gasteiger partial charge is 0.315 e. The van der Waals surface area contributed by atoms with Crippen molar-refractivity contribution in [2.24, 2.45) is 13.0 Å². The van der Waals surface area contributed by atoms with Gasteiger partial charge in [-0.3, -0.25) is 4.79 Å². The minimum atomic E-state index is -0.208. The van der Waals surface area contributed by atoms with Crippen molar-refractivity contribution in [3.63, 3.8) is 0 Å². The summed E-state index contributed by atoms with van der Waals surface area (Å²) in [7, 11) is 1.63. The number of aromatic nitrogens is 2. The molecule has 1 atom stereocenters. The molecule has 0 aliphatic carbocycles. The number of rotatable bonds is 5. The van der Waals surface area contributed by atoms with Crippen LogP contribution in [0.15, 0.2) is 39.9 Å². The summed E-state index contributed by atoms with van der Waals surface area (Å²) in [6, 6.07) is 4.99. The van der Waals surface area contributed by atoms with E-state index >= 15 is 0 Å². The van der Waals surface area contributed by atoms with Crippen LogP contribution in [-0.4, -0.2) is 35.4 Å². The van der Waals surface area contributed by atoms with Gasteiger partial charge < -0.3 is 20.0 Å². The summed E-state index contributed by atoms with van der Waals surface area (Å²) in [6.07, 6.45) is 4.24. The molecular weight excluding hydrogens is 310 g/mol. The molecule has 1 saturated heterocycles. The largest absolute Gasteiger partial charge is 0.467 e. The van der Waals surface area contributed by atoms with Crippen molar-refractivity contribution in [1.29, 1.82) is 0 Å². The van der Waals surface area contributed by atoms with Crippen molar-refractivity contribution in [3.05, 3.63) is 46.8 Å². The van der Waals surface area contributed by atoms with Crippen LogP contribution in [0, 0.1) is 5.92 Å². The molecule has 0 unspecified atom stereocenters. The molecule has 0 spiro atoms. The standard InChI is InChI=1S/C16H21N5O3/c1-20-15(22)7-13(9-19-20)21-5-4-12(11-21)8-17-16(23)18-10-14-3-2-6-24-14/h2-3,6-7,9,12H,4-5,8,10-11H2,1H3,(H2,17,18,23)/t12-/m0/s1. The number of aryl methyl sites for hydroxylation is 1. The van der Waals surface area contributed by atoms with Gasteiger partial charge in [0.2, 0.25) is 0 Å². The SMILES string of the molecule is Cn1ncc(N2CC[C@@H](CNC(=O)NCc3ccco3)C2)cc1=O. The van der Waals surface area contributed by atoms with Crippen LogP contribution in [0.1, 0.15) is 12.2 Å². The Morgan fingerprint density at radius 1 is 1.46 bits per heavy atom. The average Bonchev–Trinajstić information content (AvgIpc) is 3.25. The normalized spacial score (nSPS) is 17.0. The van der Waals surface area contributed by atoms with Crippen LogP contribution >= 0.6 is 0 Å². The van der Waals surface area contributed by atoms with E-state index < -0.39 is 0 Å². The number of anilines is 1. The maximum absolute atomic E-state index is 11.8. The van der Waals surface area contributed by atoms with Crippen LogP contribution in [-0.2, 0) is 13.6 Å². The van der Waals surface area contributed by atoms with Crippen molar-refractivity contribution in [1.82, 2.24) is 20.4 Å². The lowest BCUT2D eigenvalue weighted by Gasteiger charge is -2.18. The highest BCUT2D eigenvalue weighted by atomic mass is 16.3. The first-order valence-corrected chi connectivity index (χ1v) is 7.94. The third kappa shape index (κ3) is 3.95. The number of hydrogen-bond donors (Lipinski definition) is 2. The Morgan fingerprint density at radius 2 is 2.33 bits per heavy atom. The van der Waals surface area contributed by atoms with Crippen molar-refractivity contribution < 1.29 is 9.21 Å². The van der Waals surface area contributed by atoms with E-state index in [9.17, 15) is 9.59 Å². The zero-order valence-corrected chi connectivity index (χ0v) is 13.6. The van der Waals surface area contributed by atoms with Crippen LogP contribution in [0.25, 0.3) is 0 Å². The number of amides is 2. The molecule has 1 aliphatic heterocycles. The highest BCUT2D eigenvalue weighted by Gasteiger charge is 2.23. The van der Waals surface area contributed by atoms with Crippen molar-refractivity contribution in [2.75, 3.05) is 24.5 Å². The quantitative estimate of drug-likeness (QED) is 0.841. The molecule has 3 heterocycles. The Labute approximate surface area is 139 Å². The average molecular weight is 331 g/mol. The van der Waals surface area contributed by atoms with Gasteiger partial charge in [0.05, 0.1) is 24.7 Å². The Hall–Kier alpha value is -2.77. The molecule has 24 heavy (non-hydrogen) atoms. The Kier molecular flexibility index (Phi) is 4.83. The van der Waals surface area contributed by atoms with Crippen LogP contribution in [0.5, 0.6) is 0 Å². The van der Waals surface area contributed by atoms with E-state index in [1.165, 1.54) is 4.68 Å². The highest BCUT2D eigenvalue weighted by molar-refractivity contribution is 5.73. The van der Waals surface area contributed by atoms with E-state index in [2.05, 4.69) is 20.6 Å². The van der Waals surface area contributed by atoms with Gasteiger partial charge in [0.1, 0.15) is 5.76 Å². The van der Waals surface area contributed by atoms with E-state index in [4.69, 9.17) is 4.42 Å². The summed E-state index contributed by atoms with van der Waals surface area (Å²) in [5, 5.41) is 9.68. The summed E-state index contributed by atoms with van der Waals surface area (Å²) in [6.45, 7) is 2.62. The molecule has 1 aliphatic rings. The minimum absolute atomic E-state index is 0.119. The second-order valence-electron chi connectivity index (χ2n) is 5.92. The molecule has 0 radical (unpaired) electrons. The van der Waals surface area contributed by atoms with Crippen molar-refractivity contribution >= 4 is 11.7 Å². The van der Waals surface area contributed by atoms with Crippen LogP contribution < -0.4 is 21.1 Å².